The van der Waals surface area contributed by atoms with Crippen molar-refractivity contribution in [3.05, 3.63) is 59.9 Å². The fourth-order valence-electron chi connectivity index (χ4n) is 2.55. The molecule has 0 fully saturated rings. The number of imidazole rings is 1. The molecule has 0 bridgehead atoms. The van der Waals surface area contributed by atoms with Gasteiger partial charge in [-0.3, -0.25) is 9.20 Å². The Balaban J connectivity index is 1.95. The van der Waals surface area contributed by atoms with Crippen molar-refractivity contribution in [3.8, 4) is 11.3 Å². The van der Waals surface area contributed by atoms with Gasteiger partial charge in [0.05, 0.1) is 0 Å². The minimum atomic E-state index is -0.264. The quantitative estimate of drug-likeness (QED) is 0.788. The predicted octanol–water partition coefficient (Wildman–Crippen LogP) is 2.12. The molecule has 3 aromatic rings. The highest BCUT2D eigenvalue weighted by Gasteiger charge is 2.23. The molecule has 0 saturated carbocycles. The van der Waals surface area contributed by atoms with Gasteiger partial charge in [-0.1, -0.05) is 35.9 Å². The van der Waals surface area contributed by atoms with E-state index in [9.17, 15) is 4.79 Å². The fraction of sp³-hybridized carbons (Fsp3) is 0.118. The highest BCUT2D eigenvalue weighted by atomic mass is 16.5. The molecule has 0 atom stereocenters. The fourth-order valence-corrected chi connectivity index (χ4v) is 2.55. The van der Waals surface area contributed by atoms with Crippen molar-refractivity contribution in [1.29, 1.82) is 0 Å². The predicted molar refractivity (Wildman–Crippen MR) is 86.0 cm³/mol. The van der Waals surface area contributed by atoms with Crippen LogP contribution in [-0.4, -0.2) is 27.8 Å². The lowest BCUT2D eigenvalue weighted by Crippen LogP contribution is -2.32. The third kappa shape index (κ3) is 2.34. The molecule has 1 N–H and O–H groups in total. The van der Waals surface area contributed by atoms with E-state index in [-0.39, 0.29) is 12.5 Å². The summed E-state index contributed by atoms with van der Waals surface area (Å²) in [4.78, 5) is 16.0. The summed E-state index contributed by atoms with van der Waals surface area (Å²) in [5, 5.41) is 4.04. The van der Waals surface area contributed by atoms with E-state index in [1.54, 1.807) is 0 Å². The average Bonchev–Trinajstić information content (AvgIpc) is 2.96. The van der Waals surface area contributed by atoms with Crippen molar-refractivity contribution in [2.24, 2.45) is 5.10 Å². The van der Waals surface area contributed by atoms with Gasteiger partial charge >= 0.3 is 0 Å². The van der Waals surface area contributed by atoms with Crippen LogP contribution in [-0.2, 0) is 9.53 Å². The van der Waals surface area contributed by atoms with Crippen molar-refractivity contribution in [3.63, 3.8) is 0 Å². The standard InChI is InChI=1S/C17H14N4O2/c1-11-5-7-12(8-6-11)15-16(17-20-19-14(22)10-23-17)21-9-3-2-4-13(21)18-15/h2-9H,10H2,1H3,(H,19,22). The first-order valence-corrected chi connectivity index (χ1v) is 7.26. The van der Waals surface area contributed by atoms with Crippen molar-refractivity contribution in [2.75, 3.05) is 6.61 Å². The van der Waals surface area contributed by atoms with Gasteiger partial charge in [0.1, 0.15) is 17.0 Å². The van der Waals surface area contributed by atoms with Gasteiger partial charge in [0, 0.05) is 11.8 Å². The number of aryl methyl sites for hydroxylation is 1. The molecule has 1 aliphatic rings. The number of pyridine rings is 1. The Hall–Kier alpha value is -3.15. The zero-order valence-electron chi connectivity index (χ0n) is 12.5. The van der Waals surface area contributed by atoms with Gasteiger partial charge < -0.3 is 4.74 Å². The molecule has 4 rings (SSSR count). The molecular formula is C17H14N4O2. The molecule has 0 aliphatic carbocycles. The van der Waals surface area contributed by atoms with Crippen LogP contribution in [0.5, 0.6) is 0 Å². The van der Waals surface area contributed by atoms with Crippen LogP contribution in [0.25, 0.3) is 16.9 Å². The zero-order valence-corrected chi connectivity index (χ0v) is 12.5. The van der Waals surface area contributed by atoms with E-state index in [0.29, 0.717) is 5.90 Å². The highest BCUT2D eigenvalue weighted by molar-refractivity contribution is 6.02. The number of nitrogens with one attached hydrogen (secondary N) is 1. The molecule has 0 unspecified atom stereocenters. The van der Waals surface area contributed by atoms with Crippen LogP contribution in [0.15, 0.2) is 53.8 Å². The van der Waals surface area contributed by atoms with Crippen LogP contribution in [0.1, 0.15) is 11.3 Å². The molecule has 1 aliphatic heterocycles. The van der Waals surface area contributed by atoms with E-state index in [1.807, 2.05) is 60.0 Å². The SMILES string of the molecule is Cc1ccc(-c2nc3ccccn3c2C2=NNC(=O)CO2)cc1. The molecule has 0 radical (unpaired) electrons. The summed E-state index contributed by atoms with van der Waals surface area (Å²) in [5.41, 5.74) is 6.89. The van der Waals surface area contributed by atoms with Crippen molar-refractivity contribution in [1.82, 2.24) is 14.8 Å². The zero-order chi connectivity index (χ0) is 15.8. The summed E-state index contributed by atoms with van der Waals surface area (Å²) < 4.78 is 7.41. The number of aromatic nitrogens is 2. The number of carbonyl (C=O) groups is 1. The molecule has 2 aromatic heterocycles. The molecule has 114 valence electrons. The number of hydrogen-bond acceptors (Lipinski definition) is 4. The van der Waals surface area contributed by atoms with Gasteiger partial charge in [-0.15, -0.1) is 5.10 Å². The Labute approximate surface area is 132 Å². The van der Waals surface area contributed by atoms with Gasteiger partial charge in [0.2, 0.25) is 0 Å². The molecule has 6 heteroatoms. The summed E-state index contributed by atoms with van der Waals surface area (Å²) in [6, 6.07) is 13.9. The second-order valence-corrected chi connectivity index (χ2v) is 5.34. The van der Waals surface area contributed by atoms with E-state index in [4.69, 9.17) is 9.72 Å². The largest absolute Gasteiger partial charge is 0.465 e. The topological polar surface area (TPSA) is 68.0 Å². The van der Waals surface area contributed by atoms with Crippen LogP contribution in [0.2, 0.25) is 0 Å². The number of amides is 1. The van der Waals surface area contributed by atoms with Gasteiger partial charge in [-0.05, 0) is 19.1 Å². The Kier molecular flexibility index (Phi) is 3.08. The Morgan fingerprint density at radius 2 is 2.00 bits per heavy atom. The summed E-state index contributed by atoms with van der Waals surface area (Å²) in [6.45, 7) is 1.99. The maximum atomic E-state index is 11.3. The van der Waals surface area contributed by atoms with Crippen LogP contribution in [0, 0.1) is 6.92 Å². The smallest absolute Gasteiger partial charge is 0.278 e. The van der Waals surface area contributed by atoms with E-state index < -0.39 is 0 Å². The lowest BCUT2D eigenvalue weighted by Gasteiger charge is -2.14. The Morgan fingerprint density at radius 3 is 2.74 bits per heavy atom. The lowest BCUT2D eigenvalue weighted by molar-refractivity contribution is -0.124. The number of carbonyl (C=O) groups excluding carboxylic acids is 1. The van der Waals surface area contributed by atoms with E-state index in [1.165, 1.54) is 5.56 Å². The highest BCUT2D eigenvalue weighted by Crippen LogP contribution is 2.26. The third-order valence-corrected chi connectivity index (χ3v) is 3.68. The second kappa shape index (κ2) is 5.24. The third-order valence-electron chi connectivity index (χ3n) is 3.68. The maximum Gasteiger partial charge on any atom is 0.278 e. The van der Waals surface area contributed by atoms with Gasteiger partial charge in [-0.25, -0.2) is 10.4 Å². The molecule has 3 heterocycles. The lowest BCUT2D eigenvalue weighted by atomic mass is 10.1. The van der Waals surface area contributed by atoms with Crippen LogP contribution < -0.4 is 5.43 Å². The van der Waals surface area contributed by atoms with Crippen molar-refractivity contribution in [2.45, 2.75) is 6.92 Å². The number of nitrogens with zero attached hydrogens (tertiary/aromatic N) is 3. The molecule has 0 spiro atoms. The summed E-state index contributed by atoms with van der Waals surface area (Å²) in [7, 11) is 0. The maximum absolute atomic E-state index is 11.3. The van der Waals surface area contributed by atoms with Gasteiger partial charge in [0.25, 0.3) is 11.8 Å². The summed E-state index contributed by atoms with van der Waals surface area (Å²) in [5.74, 6) is 0.0957. The summed E-state index contributed by atoms with van der Waals surface area (Å²) >= 11 is 0. The van der Waals surface area contributed by atoms with Crippen molar-refractivity contribution < 1.29 is 9.53 Å². The van der Waals surface area contributed by atoms with Gasteiger partial charge in [0.15, 0.2) is 6.61 Å². The molecular weight excluding hydrogens is 292 g/mol. The molecule has 0 saturated heterocycles. The molecule has 1 aromatic carbocycles. The molecule has 6 nitrogen and oxygen atoms in total. The van der Waals surface area contributed by atoms with Gasteiger partial charge in [-0.2, -0.15) is 0 Å². The van der Waals surface area contributed by atoms with Crippen LogP contribution in [0.4, 0.5) is 0 Å². The van der Waals surface area contributed by atoms with Crippen molar-refractivity contribution >= 4 is 17.5 Å². The minimum absolute atomic E-state index is 0.0494. The number of hydrogen-bond donors (Lipinski definition) is 1. The molecule has 23 heavy (non-hydrogen) atoms. The monoisotopic (exact) mass is 306 g/mol. The van der Waals surface area contributed by atoms with Crippen LogP contribution in [0.3, 0.4) is 0 Å². The summed E-state index contributed by atoms with van der Waals surface area (Å²) in [6.07, 6.45) is 1.90. The first-order chi connectivity index (χ1) is 11.2. The Bertz CT molecular complexity index is 925. The number of hydrazone groups is 1. The number of benzene rings is 1. The van der Waals surface area contributed by atoms with E-state index >= 15 is 0 Å². The second-order valence-electron chi connectivity index (χ2n) is 5.34. The normalized spacial score (nSPS) is 14.3. The average molecular weight is 306 g/mol. The molecule has 1 amide bonds. The number of fused-ring (bicyclic) bond motifs is 1. The van der Waals surface area contributed by atoms with E-state index in [2.05, 4.69) is 10.5 Å². The number of ether oxygens (including phenoxy) is 1. The van der Waals surface area contributed by atoms with Crippen LogP contribution >= 0.6 is 0 Å². The first-order valence-electron chi connectivity index (χ1n) is 7.26. The number of rotatable bonds is 2. The van der Waals surface area contributed by atoms with E-state index in [0.717, 1.165) is 22.6 Å². The minimum Gasteiger partial charge on any atom is -0.465 e. The Morgan fingerprint density at radius 1 is 1.17 bits per heavy atom. The first kappa shape index (κ1) is 13.5.